The molecule has 1 aromatic carbocycles. The molecule has 1 atom stereocenters. The topological polar surface area (TPSA) is 100 Å². The van der Waals surface area contributed by atoms with Gasteiger partial charge in [-0.15, -0.1) is 0 Å². The van der Waals surface area contributed by atoms with Crippen LogP contribution in [0.4, 0.5) is 0 Å². The van der Waals surface area contributed by atoms with Crippen molar-refractivity contribution in [1.82, 2.24) is 0 Å². The standard InChI is InChI=1S/C7H7NO5S.K/c9-8(10)7(14(11,12)13)6-4-2-1-3-5-6;/h1-5,7H,(H,11,12,13);/q;+1/p-1. The Morgan fingerprint density at radius 3 is 2.00 bits per heavy atom. The van der Waals surface area contributed by atoms with Gasteiger partial charge in [-0.25, -0.2) is 8.42 Å². The minimum atomic E-state index is -4.97. The summed E-state index contributed by atoms with van der Waals surface area (Å²) in [6, 6.07) is 6.87. The minimum Gasteiger partial charge on any atom is -0.742 e. The second-order valence-electron chi connectivity index (χ2n) is 2.54. The van der Waals surface area contributed by atoms with E-state index in [-0.39, 0.29) is 56.9 Å². The van der Waals surface area contributed by atoms with Crippen LogP contribution in [0.5, 0.6) is 0 Å². The van der Waals surface area contributed by atoms with E-state index in [0.717, 1.165) is 0 Å². The second kappa shape index (κ2) is 6.04. The third-order valence-electron chi connectivity index (χ3n) is 1.55. The van der Waals surface area contributed by atoms with Gasteiger partial charge in [0.25, 0.3) is 0 Å². The summed E-state index contributed by atoms with van der Waals surface area (Å²) in [5, 5.41) is 8.15. The van der Waals surface area contributed by atoms with Crippen LogP contribution >= 0.6 is 0 Å². The second-order valence-corrected chi connectivity index (χ2v) is 3.97. The normalized spacial score (nSPS) is 12.6. The Balaban J connectivity index is 0.00000196. The van der Waals surface area contributed by atoms with Crippen LogP contribution in [0.1, 0.15) is 10.9 Å². The van der Waals surface area contributed by atoms with E-state index in [1.807, 2.05) is 0 Å². The number of hydrogen-bond acceptors (Lipinski definition) is 5. The van der Waals surface area contributed by atoms with Crippen LogP contribution in [0.15, 0.2) is 30.3 Å². The third kappa shape index (κ3) is 4.27. The van der Waals surface area contributed by atoms with E-state index in [1.54, 1.807) is 6.07 Å². The molecule has 0 amide bonds. The van der Waals surface area contributed by atoms with E-state index in [2.05, 4.69) is 0 Å². The quantitative estimate of drug-likeness (QED) is 0.257. The van der Waals surface area contributed by atoms with Gasteiger partial charge in [-0.3, -0.25) is 10.1 Å². The summed E-state index contributed by atoms with van der Waals surface area (Å²) < 4.78 is 31.7. The molecule has 0 saturated heterocycles. The van der Waals surface area contributed by atoms with Crippen LogP contribution in [-0.2, 0) is 10.1 Å². The first-order valence-corrected chi connectivity index (χ1v) is 5.03. The third-order valence-corrected chi connectivity index (χ3v) is 2.54. The SMILES string of the molecule is O=[N+]([O-])C(c1ccccc1)S(=O)(=O)[O-].[K+]. The molecular formula is C7H6KNO5S. The molecule has 0 saturated carbocycles. The predicted octanol–water partition coefficient (Wildman–Crippen LogP) is -2.49. The van der Waals surface area contributed by atoms with Crippen molar-refractivity contribution < 1.29 is 69.3 Å². The van der Waals surface area contributed by atoms with Crippen molar-refractivity contribution >= 4 is 10.1 Å². The van der Waals surface area contributed by atoms with Crippen molar-refractivity contribution in [2.24, 2.45) is 0 Å². The van der Waals surface area contributed by atoms with E-state index in [9.17, 15) is 23.1 Å². The van der Waals surface area contributed by atoms with Gasteiger partial charge in [0.2, 0.25) is 0 Å². The van der Waals surface area contributed by atoms with Gasteiger partial charge in [-0.2, -0.15) is 0 Å². The fraction of sp³-hybridized carbons (Fsp3) is 0.143. The van der Waals surface area contributed by atoms with Crippen molar-refractivity contribution in [2.75, 3.05) is 0 Å². The van der Waals surface area contributed by atoms with Crippen molar-refractivity contribution in [2.45, 2.75) is 5.37 Å². The molecule has 0 aliphatic rings. The predicted molar refractivity (Wildman–Crippen MR) is 45.9 cm³/mol. The van der Waals surface area contributed by atoms with Crippen LogP contribution < -0.4 is 51.4 Å². The molecule has 0 bridgehead atoms. The van der Waals surface area contributed by atoms with Crippen molar-refractivity contribution in [3.05, 3.63) is 46.0 Å². The maximum atomic E-state index is 10.6. The Morgan fingerprint density at radius 2 is 1.67 bits per heavy atom. The number of benzene rings is 1. The number of rotatable bonds is 3. The number of hydrogen-bond donors (Lipinski definition) is 0. The van der Waals surface area contributed by atoms with Crippen LogP contribution in [-0.4, -0.2) is 17.9 Å². The largest absolute Gasteiger partial charge is 1.00 e. The summed E-state index contributed by atoms with van der Waals surface area (Å²) in [5.41, 5.74) is -0.132. The molecule has 1 rings (SSSR count). The number of nitro groups is 1. The fourth-order valence-electron chi connectivity index (χ4n) is 1.01. The molecule has 6 nitrogen and oxygen atoms in total. The van der Waals surface area contributed by atoms with Gasteiger partial charge in [-0.05, 0) is 0 Å². The first-order chi connectivity index (χ1) is 6.43. The monoisotopic (exact) mass is 255 g/mol. The maximum absolute atomic E-state index is 10.6. The molecule has 15 heavy (non-hydrogen) atoms. The van der Waals surface area contributed by atoms with E-state index in [4.69, 9.17) is 0 Å². The van der Waals surface area contributed by atoms with Gasteiger partial charge in [0, 0.05) is 10.5 Å². The summed E-state index contributed by atoms with van der Waals surface area (Å²) >= 11 is 0. The molecule has 0 radical (unpaired) electrons. The molecule has 0 fully saturated rings. The molecule has 0 spiro atoms. The average Bonchev–Trinajstić information content (AvgIpc) is 2.02. The zero-order chi connectivity index (χ0) is 10.8. The van der Waals surface area contributed by atoms with Crippen molar-refractivity contribution in [3.8, 4) is 0 Å². The van der Waals surface area contributed by atoms with E-state index >= 15 is 0 Å². The zero-order valence-electron chi connectivity index (χ0n) is 7.86. The summed E-state index contributed by atoms with van der Waals surface area (Å²) in [6.45, 7) is 0. The van der Waals surface area contributed by atoms with Crippen molar-refractivity contribution in [1.29, 1.82) is 0 Å². The van der Waals surface area contributed by atoms with Gasteiger partial charge in [0.1, 0.15) is 0 Å². The van der Waals surface area contributed by atoms with Crippen LogP contribution in [0, 0.1) is 10.1 Å². The molecule has 0 aromatic heterocycles. The molecule has 0 heterocycles. The van der Waals surface area contributed by atoms with E-state index < -0.39 is 20.4 Å². The first kappa shape index (κ1) is 15.2. The van der Waals surface area contributed by atoms with E-state index in [0.29, 0.717) is 0 Å². The van der Waals surface area contributed by atoms with Crippen LogP contribution in [0.3, 0.4) is 0 Å². The summed E-state index contributed by atoms with van der Waals surface area (Å²) in [6.07, 6.45) is 0. The van der Waals surface area contributed by atoms with Gasteiger partial charge >= 0.3 is 56.8 Å². The Labute approximate surface area is 129 Å². The zero-order valence-corrected chi connectivity index (χ0v) is 11.8. The minimum absolute atomic E-state index is 0. The van der Waals surface area contributed by atoms with Crippen LogP contribution in [0.25, 0.3) is 0 Å². The molecule has 8 heteroatoms. The van der Waals surface area contributed by atoms with Crippen molar-refractivity contribution in [3.63, 3.8) is 0 Å². The van der Waals surface area contributed by atoms with Gasteiger partial charge < -0.3 is 4.55 Å². The Morgan fingerprint density at radius 1 is 1.20 bits per heavy atom. The molecule has 0 aliphatic heterocycles. The molecule has 0 N–H and O–H groups in total. The smallest absolute Gasteiger partial charge is 0.742 e. The van der Waals surface area contributed by atoms with E-state index in [1.165, 1.54) is 24.3 Å². The Bertz CT molecular complexity index is 432. The summed E-state index contributed by atoms with van der Waals surface area (Å²) in [4.78, 5) is 9.26. The Hall–Kier alpha value is 0.166. The molecule has 1 unspecified atom stereocenters. The van der Waals surface area contributed by atoms with Crippen LogP contribution in [0.2, 0.25) is 0 Å². The fourth-order valence-corrected chi connectivity index (χ4v) is 1.71. The Kier molecular flexibility index (Phi) is 6.11. The van der Waals surface area contributed by atoms with Gasteiger partial charge in [-0.1, -0.05) is 30.3 Å². The molecule has 0 aliphatic carbocycles. The first-order valence-electron chi connectivity index (χ1n) is 3.56. The molecule has 76 valence electrons. The molecule has 1 aromatic rings. The number of nitrogens with zero attached hydrogens (tertiary/aromatic N) is 1. The summed E-state index contributed by atoms with van der Waals surface area (Å²) in [7, 11) is -4.97. The maximum Gasteiger partial charge on any atom is 1.00 e. The molecular weight excluding hydrogens is 249 g/mol. The van der Waals surface area contributed by atoms with Gasteiger partial charge in [0.15, 0.2) is 10.1 Å². The van der Waals surface area contributed by atoms with Gasteiger partial charge in [0.05, 0.1) is 0 Å². The summed E-state index contributed by atoms with van der Waals surface area (Å²) in [5.74, 6) is 0. The average molecular weight is 255 g/mol.